The maximum Gasteiger partial charge on any atom is 0.415 e. The fraction of sp³-hybridized carbons (Fsp3) is 0.464. The van der Waals surface area contributed by atoms with Gasteiger partial charge in [0.05, 0.1) is 6.04 Å². The van der Waals surface area contributed by atoms with Gasteiger partial charge >= 0.3 is 6.09 Å². The molecular weight excluding hydrogens is 535 g/mol. The van der Waals surface area contributed by atoms with Gasteiger partial charge in [0.25, 0.3) is 5.92 Å². The minimum atomic E-state index is -2.91. The van der Waals surface area contributed by atoms with E-state index in [1.165, 1.54) is 34.1 Å². The third-order valence-electron chi connectivity index (χ3n) is 7.98. The average molecular weight is 564 g/mol. The SMILES string of the molecule is CN(C(=O)Oc1ccc(F)cc1)[C@@H]1CN(C(=O)C2CCN(C(=O)C3CC3(F)F)CC2)C[C@H]1c1ccc(Cl)cc1. The van der Waals surface area contributed by atoms with Crippen LogP contribution in [-0.2, 0) is 9.59 Å². The summed E-state index contributed by atoms with van der Waals surface area (Å²) in [5.41, 5.74) is 0.909. The van der Waals surface area contributed by atoms with Crippen molar-refractivity contribution in [1.29, 1.82) is 0 Å². The Balaban J connectivity index is 1.26. The van der Waals surface area contributed by atoms with E-state index in [0.29, 0.717) is 24.4 Å². The van der Waals surface area contributed by atoms with Gasteiger partial charge in [0, 0.05) is 56.5 Å². The van der Waals surface area contributed by atoms with Crippen LogP contribution >= 0.6 is 11.6 Å². The van der Waals surface area contributed by atoms with Crippen molar-refractivity contribution in [3.8, 4) is 5.75 Å². The van der Waals surface area contributed by atoms with Gasteiger partial charge in [-0.1, -0.05) is 23.7 Å². The van der Waals surface area contributed by atoms with E-state index in [9.17, 15) is 27.6 Å². The van der Waals surface area contributed by atoms with Gasteiger partial charge in [0.1, 0.15) is 17.5 Å². The molecule has 0 bridgehead atoms. The van der Waals surface area contributed by atoms with Gasteiger partial charge in [0.15, 0.2) is 0 Å². The van der Waals surface area contributed by atoms with Gasteiger partial charge in [-0.3, -0.25) is 9.59 Å². The lowest BCUT2D eigenvalue weighted by Gasteiger charge is -2.33. The molecule has 11 heteroatoms. The largest absolute Gasteiger partial charge is 0.415 e. The van der Waals surface area contributed by atoms with E-state index in [1.807, 2.05) is 12.1 Å². The van der Waals surface area contributed by atoms with Crippen LogP contribution in [0.4, 0.5) is 18.0 Å². The highest BCUT2D eigenvalue weighted by atomic mass is 35.5. The number of benzene rings is 2. The third kappa shape index (κ3) is 5.85. The lowest BCUT2D eigenvalue weighted by atomic mass is 9.93. The van der Waals surface area contributed by atoms with E-state index in [4.69, 9.17) is 16.3 Å². The van der Waals surface area contributed by atoms with Crippen molar-refractivity contribution in [2.75, 3.05) is 33.2 Å². The van der Waals surface area contributed by atoms with Crippen LogP contribution in [0.1, 0.15) is 30.7 Å². The Morgan fingerprint density at radius 2 is 1.56 bits per heavy atom. The van der Waals surface area contributed by atoms with Crippen molar-refractivity contribution >= 4 is 29.5 Å². The van der Waals surface area contributed by atoms with Gasteiger partial charge in [-0.15, -0.1) is 0 Å². The minimum Gasteiger partial charge on any atom is -0.410 e. The Bertz CT molecular complexity index is 1240. The van der Waals surface area contributed by atoms with Crippen molar-refractivity contribution in [3.63, 3.8) is 0 Å². The molecule has 3 atom stereocenters. The first-order chi connectivity index (χ1) is 18.5. The molecule has 0 spiro atoms. The molecule has 2 saturated heterocycles. The summed E-state index contributed by atoms with van der Waals surface area (Å²) < 4.78 is 45.4. The molecule has 0 aromatic heterocycles. The monoisotopic (exact) mass is 563 g/mol. The number of rotatable bonds is 5. The lowest BCUT2D eigenvalue weighted by molar-refractivity contribution is -0.141. The number of ether oxygens (including phenoxy) is 1. The molecule has 2 heterocycles. The highest BCUT2D eigenvalue weighted by molar-refractivity contribution is 6.30. The molecule has 1 unspecified atom stereocenters. The lowest BCUT2D eigenvalue weighted by Crippen LogP contribution is -2.46. The molecule has 3 amide bonds. The van der Waals surface area contributed by atoms with E-state index in [-0.39, 0.29) is 43.1 Å². The number of hydrogen-bond acceptors (Lipinski definition) is 4. The molecule has 0 N–H and O–H groups in total. The molecule has 0 radical (unpaired) electrons. The molecule has 208 valence electrons. The zero-order valence-electron chi connectivity index (χ0n) is 21.4. The summed E-state index contributed by atoms with van der Waals surface area (Å²) in [6.45, 7) is 1.18. The smallest absolute Gasteiger partial charge is 0.410 e. The normalized spacial score (nSPS) is 24.4. The fourth-order valence-electron chi connectivity index (χ4n) is 5.51. The van der Waals surface area contributed by atoms with Crippen LogP contribution < -0.4 is 4.74 Å². The van der Waals surface area contributed by atoms with Gasteiger partial charge in [-0.25, -0.2) is 18.0 Å². The highest BCUT2D eigenvalue weighted by Gasteiger charge is 2.62. The maximum atomic E-state index is 13.5. The van der Waals surface area contributed by atoms with Crippen molar-refractivity contribution in [2.24, 2.45) is 11.8 Å². The third-order valence-corrected chi connectivity index (χ3v) is 8.23. The second-order valence-electron chi connectivity index (χ2n) is 10.5. The van der Waals surface area contributed by atoms with Gasteiger partial charge in [-0.2, -0.15) is 0 Å². The Morgan fingerprint density at radius 3 is 2.15 bits per heavy atom. The Kier molecular flexibility index (Phi) is 7.50. The first-order valence-electron chi connectivity index (χ1n) is 12.9. The molecule has 2 aromatic rings. The maximum absolute atomic E-state index is 13.5. The molecule has 3 aliphatic rings. The standard InChI is InChI=1S/C28H29ClF3N3O4/c1-33(27(38)39-21-8-6-20(30)7-9-21)24-16-35(15-22(24)17-2-4-19(29)5-3-17)25(36)18-10-12-34(13-11-18)26(37)23-14-28(23,31)32/h2-9,18,22-24H,10-16H2,1H3/t22-,23?,24+/m0/s1. The summed E-state index contributed by atoms with van der Waals surface area (Å²) in [4.78, 5) is 43.5. The summed E-state index contributed by atoms with van der Waals surface area (Å²) >= 11 is 6.08. The van der Waals surface area contributed by atoms with Crippen LogP contribution in [0.15, 0.2) is 48.5 Å². The van der Waals surface area contributed by atoms with Crippen molar-refractivity contribution < 1.29 is 32.3 Å². The number of carbonyl (C=O) groups excluding carboxylic acids is 3. The summed E-state index contributed by atoms with van der Waals surface area (Å²) in [7, 11) is 1.60. The average Bonchev–Trinajstić information content (AvgIpc) is 3.35. The van der Waals surface area contributed by atoms with E-state index in [1.54, 1.807) is 24.1 Å². The molecule has 1 aliphatic carbocycles. The van der Waals surface area contributed by atoms with Crippen molar-refractivity contribution in [2.45, 2.75) is 37.1 Å². The number of hydrogen-bond donors (Lipinski definition) is 0. The molecule has 39 heavy (non-hydrogen) atoms. The molecular formula is C28H29ClF3N3O4. The number of alkyl halides is 2. The number of amides is 3. The number of halogens is 4. The summed E-state index contributed by atoms with van der Waals surface area (Å²) in [6, 6.07) is 12.0. The van der Waals surface area contributed by atoms with E-state index in [0.717, 1.165) is 5.56 Å². The molecule has 3 fully saturated rings. The van der Waals surface area contributed by atoms with Crippen LogP contribution in [0.3, 0.4) is 0 Å². The van der Waals surface area contributed by atoms with Crippen LogP contribution in [0.2, 0.25) is 5.02 Å². The van der Waals surface area contributed by atoms with Crippen molar-refractivity contribution in [1.82, 2.24) is 14.7 Å². The molecule has 2 aliphatic heterocycles. The topological polar surface area (TPSA) is 70.2 Å². The summed E-state index contributed by atoms with van der Waals surface area (Å²) in [5.74, 6) is -5.55. The van der Waals surface area contributed by atoms with Crippen LogP contribution in [0.5, 0.6) is 5.75 Å². The zero-order valence-corrected chi connectivity index (χ0v) is 22.1. The number of carbonyl (C=O) groups is 3. The Labute approximate surface area is 229 Å². The summed E-state index contributed by atoms with van der Waals surface area (Å²) in [5, 5.41) is 0.565. The first-order valence-corrected chi connectivity index (χ1v) is 13.3. The highest BCUT2D eigenvalue weighted by Crippen LogP contribution is 2.49. The van der Waals surface area contributed by atoms with Gasteiger partial charge in [0.2, 0.25) is 11.8 Å². The molecule has 1 saturated carbocycles. The van der Waals surface area contributed by atoms with Crippen LogP contribution in [0.25, 0.3) is 0 Å². The second-order valence-corrected chi connectivity index (χ2v) is 11.0. The first kappa shape index (κ1) is 27.3. The molecule has 7 nitrogen and oxygen atoms in total. The quantitative estimate of drug-likeness (QED) is 0.524. The fourth-order valence-corrected chi connectivity index (χ4v) is 5.64. The van der Waals surface area contributed by atoms with Crippen LogP contribution in [0, 0.1) is 17.7 Å². The predicted octanol–water partition coefficient (Wildman–Crippen LogP) is 4.80. The minimum absolute atomic E-state index is 0.0828. The van der Waals surface area contributed by atoms with Crippen molar-refractivity contribution in [3.05, 3.63) is 64.9 Å². The number of likely N-dealkylation sites (N-methyl/N-ethyl adjacent to an activating group) is 1. The number of piperidine rings is 1. The van der Waals surface area contributed by atoms with Gasteiger partial charge < -0.3 is 19.4 Å². The van der Waals surface area contributed by atoms with E-state index < -0.39 is 42.1 Å². The predicted molar refractivity (Wildman–Crippen MR) is 137 cm³/mol. The molecule has 5 rings (SSSR count). The number of nitrogens with zero attached hydrogens (tertiary/aromatic N) is 3. The summed E-state index contributed by atoms with van der Waals surface area (Å²) in [6.07, 6.45) is -0.234. The zero-order chi connectivity index (χ0) is 27.9. The Morgan fingerprint density at radius 1 is 0.949 bits per heavy atom. The van der Waals surface area contributed by atoms with E-state index >= 15 is 0 Å². The van der Waals surface area contributed by atoms with Crippen LogP contribution in [-0.4, -0.2) is 77.8 Å². The molecule has 2 aromatic carbocycles. The Hall–Kier alpha value is -3.27. The van der Waals surface area contributed by atoms with Gasteiger partial charge in [-0.05, 0) is 54.8 Å². The number of likely N-dealkylation sites (tertiary alicyclic amines) is 2. The second kappa shape index (κ2) is 10.7. The van der Waals surface area contributed by atoms with E-state index in [2.05, 4.69) is 0 Å².